The third-order valence-corrected chi connectivity index (χ3v) is 4.93. The highest BCUT2D eigenvalue weighted by Gasteiger charge is 2.30. The van der Waals surface area contributed by atoms with E-state index in [1.165, 1.54) is 6.26 Å². The van der Waals surface area contributed by atoms with Gasteiger partial charge in [0.25, 0.3) is 0 Å². The Morgan fingerprint density at radius 2 is 1.94 bits per heavy atom. The minimum Gasteiger partial charge on any atom is -0.352 e. The molecule has 0 atom stereocenters. The van der Waals surface area contributed by atoms with E-state index in [2.05, 4.69) is 10.6 Å². The molecule has 0 aromatic heterocycles. The summed E-state index contributed by atoms with van der Waals surface area (Å²) in [5, 5.41) is 5.70. The molecule has 1 fully saturated rings. The molecule has 16 heavy (non-hydrogen) atoms. The van der Waals surface area contributed by atoms with Crippen molar-refractivity contribution < 1.29 is 13.2 Å². The largest absolute Gasteiger partial charge is 0.352 e. The zero-order chi connectivity index (χ0) is 12.4. The highest BCUT2D eigenvalue weighted by atomic mass is 32.2. The van der Waals surface area contributed by atoms with Crippen molar-refractivity contribution in [1.82, 2.24) is 10.6 Å². The van der Waals surface area contributed by atoms with Gasteiger partial charge < -0.3 is 10.6 Å². The highest BCUT2D eigenvalue weighted by Crippen LogP contribution is 2.18. The zero-order valence-corrected chi connectivity index (χ0v) is 10.9. The lowest BCUT2D eigenvalue weighted by atomic mass is 10.2. The summed E-state index contributed by atoms with van der Waals surface area (Å²) < 4.78 is 21.9. The fraction of sp³-hybridized carbons (Fsp3) is 0.900. The summed E-state index contributed by atoms with van der Waals surface area (Å²) in [4.78, 5) is 11.3. The summed E-state index contributed by atoms with van der Waals surface area (Å²) >= 11 is 0. The minimum absolute atomic E-state index is 0.0631. The lowest BCUT2D eigenvalue weighted by Crippen LogP contribution is -2.45. The lowest BCUT2D eigenvalue weighted by molar-refractivity contribution is -0.120. The Balaban J connectivity index is 2.26. The molecule has 1 rings (SSSR count). The van der Waals surface area contributed by atoms with Crippen LogP contribution in [0.2, 0.25) is 0 Å². The Morgan fingerprint density at radius 3 is 2.38 bits per heavy atom. The van der Waals surface area contributed by atoms with E-state index in [4.69, 9.17) is 0 Å². The third kappa shape index (κ3) is 4.09. The number of hydrogen-bond acceptors (Lipinski definition) is 4. The number of hydrogen-bond donors (Lipinski definition) is 2. The number of sulfone groups is 1. The molecule has 0 saturated heterocycles. The molecule has 1 aliphatic rings. The number of carbonyl (C=O) groups excluding carboxylic acids is 1. The van der Waals surface area contributed by atoms with Crippen LogP contribution < -0.4 is 10.6 Å². The summed E-state index contributed by atoms with van der Waals surface area (Å²) in [5.41, 5.74) is 0. The van der Waals surface area contributed by atoms with Gasteiger partial charge in [0.2, 0.25) is 5.91 Å². The molecule has 5 nitrogen and oxygen atoms in total. The average molecular weight is 248 g/mol. The van der Waals surface area contributed by atoms with Crippen molar-refractivity contribution in [3.8, 4) is 0 Å². The zero-order valence-electron chi connectivity index (χ0n) is 10.0. The van der Waals surface area contributed by atoms with Crippen LogP contribution in [0.25, 0.3) is 0 Å². The number of rotatable bonds is 6. The third-order valence-electron chi connectivity index (χ3n) is 2.78. The van der Waals surface area contributed by atoms with Crippen LogP contribution in [0.1, 0.15) is 26.7 Å². The quantitative estimate of drug-likeness (QED) is 0.675. The molecule has 0 unspecified atom stereocenters. The van der Waals surface area contributed by atoms with Crippen molar-refractivity contribution in [1.29, 1.82) is 0 Å². The number of amides is 1. The molecule has 6 heteroatoms. The molecular formula is C10H20N2O3S. The van der Waals surface area contributed by atoms with Crippen LogP contribution >= 0.6 is 0 Å². The van der Waals surface area contributed by atoms with Crippen LogP contribution in [0.3, 0.4) is 0 Å². The predicted molar refractivity (Wildman–Crippen MR) is 63.0 cm³/mol. The number of carbonyl (C=O) groups is 1. The molecule has 1 amide bonds. The standard InChI is InChI=1S/C10H20N2O3S/c1-10(2,16(3,14)15)7-11-6-9(13)12-8-4-5-8/h8,11H,4-7H2,1-3H3,(H,12,13). The second-order valence-electron chi connectivity index (χ2n) is 4.98. The monoisotopic (exact) mass is 248 g/mol. The van der Waals surface area contributed by atoms with Gasteiger partial charge in [-0.05, 0) is 26.7 Å². The Hall–Kier alpha value is -0.620. The molecule has 0 radical (unpaired) electrons. The van der Waals surface area contributed by atoms with Crippen LogP contribution in [0.15, 0.2) is 0 Å². The van der Waals surface area contributed by atoms with Crippen molar-refractivity contribution >= 4 is 15.7 Å². The Morgan fingerprint density at radius 1 is 1.38 bits per heavy atom. The van der Waals surface area contributed by atoms with Crippen molar-refractivity contribution in [2.45, 2.75) is 37.5 Å². The Kier molecular flexibility index (Phi) is 3.96. The van der Waals surface area contributed by atoms with Gasteiger partial charge in [0.05, 0.1) is 11.3 Å². The summed E-state index contributed by atoms with van der Waals surface area (Å²) in [7, 11) is -3.11. The average Bonchev–Trinajstić information content (AvgIpc) is 2.85. The van der Waals surface area contributed by atoms with Crippen LogP contribution in [-0.2, 0) is 14.6 Å². The summed E-state index contributed by atoms with van der Waals surface area (Å²) in [6.07, 6.45) is 3.32. The fourth-order valence-electron chi connectivity index (χ4n) is 1.11. The molecule has 94 valence electrons. The SMILES string of the molecule is CC(C)(CNCC(=O)NC1CC1)S(C)(=O)=O. The van der Waals surface area contributed by atoms with E-state index in [1.54, 1.807) is 13.8 Å². The highest BCUT2D eigenvalue weighted by molar-refractivity contribution is 7.92. The van der Waals surface area contributed by atoms with Crippen LogP contribution in [0.5, 0.6) is 0 Å². The first-order valence-corrected chi connectivity index (χ1v) is 7.31. The second kappa shape index (κ2) is 4.71. The van der Waals surface area contributed by atoms with E-state index in [-0.39, 0.29) is 19.0 Å². The summed E-state index contributed by atoms with van der Waals surface area (Å²) in [5.74, 6) is -0.0631. The van der Waals surface area contributed by atoms with Gasteiger partial charge in [0.15, 0.2) is 9.84 Å². The molecule has 0 aliphatic heterocycles. The maximum atomic E-state index is 11.4. The Labute approximate surface area is 96.9 Å². The second-order valence-corrected chi connectivity index (χ2v) is 7.63. The van der Waals surface area contributed by atoms with Gasteiger partial charge in [-0.25, -0.2) is 8.42 Å². The fourth-order valence-corrected chi connectivity index (χ4v) is 1.48. The normalized spacial score (nSPS) is 17.2. The lowest BCUT2D eigenvalue weighted by Gasteiger charge is -2.22. The predicted octanol–water partition coefficient (Wildman–Crippen LogP) is -0.322. The molecule has 0 aromatic carbocycles. The van der Waals surface area contributed by atoms with Crippen molar-refractivity contribution in [2.24, 2.45) is 0 Å². The first-order chi connectivity index (χ1) is 7.22. The molecule has 0 aromatic rings. The molecular weight excluding hydrogens is 228 g/mol. The minimum atomic E-state index is -3.11. The molecule has 2 N–H and O–H groups in total. The van der Waals surface area contributed by atoms with E-state index in [9.17, 15) is 13.2 Å². The van der Waals surface area contributed by atoms with E-state index < -0.39 is 14.6 Å². The van der Waals surface area contributed by atoms with Gasteiger partial charge in [0, 0.05) is 18.8 Å². The van der Waals surface area contributed by atoms with Crippen molar-refractivity contribution in [3.05, 3.63) is 0 Å². The molecule has 0 bridgehead atoms. The first-order valence-electron chi connectivity index (χ1n) is 5.42. The van der Waals surface area contributed by atoms with Gasteiger partial charge >= 0.3 is 0 Å². The topological polar surface area (TPSA) is 75.3 Å². The van der Waals surface area contributed by atoms with Gasteiger partial charge in [0.1, 0.15) is 0 Å². The summed E-state index contributed by atoms with van der Waals surface area (Å²) in [6, 6.07) is 0.345. The van der Waals surface area contributed by atoms with E-state index in [0.29, 0.717) is 6.04 Å². The van der Waals surface area contributed by atoms with Gasteiger partial charge in [-0.2, -0.15) is 0 Å². The van der Waals surface area contributed by atoms with E-state index in [1.807, 2.05) is 0 Å². The van der Waals surface area contributed by atoms with Crippen LogP contribution in [0.4, 0.5) is 0 Å². The maximum absolute atomic E-state index is 11.4. The summed E-state index contributed by atoms with van der Waals surface area (Å²) in [6.45, 7) is 3.75. The first kappa shape index (κ1) is 13.4. The van der Waals surface area contributed by atoms with Crippen molar-refractivity contribution in [2.75, 3.05) is 19.3 Å². The van der Waals surface area contributed by atoms with Crippen LogP contribution in [0, 0.1) is 0 Å². The van der Waals surface area contributed by atoms with Crippen LogP contribution in [-0.4, -0.2) is 44.5 Å². The number of nitrogens with one attached hydrogen (secondary N) is 2. The molecule has 1 saturated carbocycles. The Bertz CT molecular complexity index is 358. The van der Waals surface area contributed by atoms with Gasteiger partial charge in [-0.15, -0.1) is 0 Å². The molecule has 0 spiro atoms. The maximum Gasteiger partial charge on any atom is 0.234 e. The van der Waals surface area contributed by atoms with Gasteiger partial charge in [-0.1, -0.05) is 0 Å². The smallest absolute Gasteiger partial charge is 0.234 e. The van der Waals surface area contributed by atoms with Crippen molar-refractivity contribution in [3.63, 3.8) is 0 Å². The van der Waals surface area contributed by atoms with Gasteiger partial charge in [-0.3, -0.25) is 4.79 Å². The molecule has 0 heterocycles. The van der Waals surface area contributed by atoms with E-state index in [0.717, 1.165) is 12.8 Å². The van der Waals surface area contributed by atoms with E-state index >= 15 is 0 Å². The molecule has 1 aliphatic carbocycles.